The molecule has 2 aromatic heterocycles. The number of hydrogen-bond donors (Lipinski definition) is 4. The van der Waals surface area contributed by atoms with Gasteiger partial charge < -0.3 is 35.5 Å². The summed E-state index contributed by atoms with van der Waals surface area (Å²) < 4.78 is 75.1. The number of alkyl halides is 5. The van der Waals surface area contributed by atoms with Crippen molar-refractivity contribution < 1.29 is 45.9 Å². The summed E-state index contributed by atoms with van der Waals surface area (Å²) in [5.74, 6) is -4.46. The van der Waals surface area contributed by atoms with Crippen LogP contribution in [0.4, 0.5) is 32.4 Å². The average Bonchev–Trinajstić information content (AvgIpc) is 3.50. The third-order valence-electron chi connectivity index (χ3n) is 9.52. The Morgan fingerprint density at radius 3 is 2.50 bits per heavy atom. The van der Waals surface area contributed by atoms with Gasteiger partial charge in [-0.25, -0.2) is 18.6 Å². The Hall–Kier alpha value is -4.78. The fourth-order valence-corrected chi connectivity index (χ4v) is 6.97. The number of amides is 4. The maximum absolute atomic E-state index is 13.8. The number of aromatic nitrogens is 4. The standard InChI is InChI=1S/C30H29ClF5N9O5/c1-43-20(17-11-45(22-5-29(22,32)33)42-24(17)30(34,35)36)7-38-25(43)26(47)39-13-2-3-14(18(31)4-13)27(48)44-9-15-16(10-44)23(15)41-28(49)40-19-6-37-8-21(19)50-12-46/h2-4,7,11-12,15-16,19,21-23,37H,5-6,8-10H2,1H3,(H,39,47)(H2,40,41,49)/t15?,16?,19-,21-,22?,23?/m1/s1. The molecule has 4 amide bonds. The third-order valence-corrected chi connectivity index (χ3v) is 9.83. The first-order chi connectivity index (χ1) is 23.7. The van der Waals surface area contributed by atoms with Crippen molar-refractivity contribution in [2.75, 3.05) is 31.5 Å². The van der Waals surface area contributed by atoms with Gasteiger partial charge in [0.2, 0.25) is 0 Å². The number of carbonyl (C=O) groups is 4. The maximum atomic E-state index is 13.8. The number of halogens is 6. The number of ether oxygens (including phenoxy) is 1. The number of nitrogens with zero attached hydrogens (tertiary/aromatic N) is 5. The largest absolute Gasteiger partial charge is 0.461 e. The second-order valence-corrected chi connectivity index (χ2v) is 13.1. The topological polar surface area (TPSA) is 165 Å². The van der Waals surface area contributed by atoms with E-state index in [1.165, 1.54) is 25.2 Å². The molecular weight excluding hydrogens is 697 g/mol. The van der Waals surface area contributed by atoms with Gasteiger partial charge in [-0.05, 0) is 18.2 Å². The number of rotatable bonds is 9. The summed E-state index contributed by atoms with van der Waals surface area (Å²) >= 11 is 6.43. The van der Waals surface area contributed by atoms with Crippen LogP contribution < -0.4 is 21.3 Å². The quantitative estimate of drug-likeness (QED) is 0.193. The van der Waals surface area contributed by atoms with Crippen LogP contribution in [0, 0.1) is 11.8 Å². The van der Waals surface area contributed by atoms with Crippen LogP contribution >= 0.6 is 11.6 Å². The molecule has 4 fully saturated rings. The van der Waals surface area contributed by atoms with Gasteiger partial charge in [0.1, 0.15) is 12.1 Å². The van der Waals surface area contributed by atoms with Crippen molar-refractivity contribution in [3.8, 4) is 11.3 Å². The zero-order valence-corrected chi connectivity index (χ0v) is 26.8. The van der Waals surface area contributed by atoms with Crippen molar-refractivity contribution in [1.29, 1.82) is 0 Å². The van der Waals surface area contributed by atoms with Crippen LogP contribution in [0.15, 0.2) is 30.6 Å². The SMILES string of the molecule is Cn1c(-c2cn(C3CC3(F)F)nc2C(F)(F)F)cnc1C(=O)Nc1ccc(C(=O)N2CC3C(C2)C3NC(=O)N[C@@H]2CNC[C@H]2OC=O)c(Cl)c1. The van der Waals surface area contributed by atoms with Crippen molar-refractivity contribution >= 4 is 41.6 Å². The monoisotopic (exact) mass is 725 g/mol. The van der Waals surface area contributed by atoms with Crippen LogP contribution in [0.1, 0.15) is 39.1 Å². The van der Waals surface area contributed by atoms with Gasteiger partial charge in [-0.1, -0.05) is 11.6 Å². The number of likely N-dealkylation sites (tertiary alicyclic amines) is 1. The number of urea groups is 1. The molecule has 1 aromatic carbocycles. The Labute approximate surface area is 284 Å². The molecule has 3 aromatic rings. The molecule has 0 radical (unpaired) electrons. The first kappa shape index (κ1) is 33.7. The zero-order chi connectivity index (χ0) is 35.7. The molecule has 0 spiro atoms. The van der Waals surface area contributed by atoms with Crippen LogP contribution in [0.25, 0.3) is 11.3 Å². The highest BCUT2D eigenvalue weighted by atomic mass is 35.5. The van der Waals surface area contributed by atoms with E-state index in [2.05, 4.69) is 31.3 Å². The number of anilines is 1. The summed E-state index contributed by atoms with van der Waals surface area (Å²) in [6, 6.07) is 1.87. The fourth-order valence-electron chi connectivity index (χ4n) is 6.71. The minimum absolute atomic E-state index is 0.0411. The fraction of sp³-hybridized carbons (Fsp3) is 0.467. The van der Waals surface area contributed by atoms with E-state index in [0.29, 0.717) is 37.3 Å². The molecule has 14 nitrogen and oxygen atoms in total. The highest BCUT2D eigenvalue weighted by Crippen LogP contribution is 2.53. The highest BCUT2D eigenvalue weighted by Gasteiger charge is 2.60. The number of carbonyl (C=O) groups excluding carboxylic acids is 4. The van der Waals surface area contributed by atoms with Gasteiger partial charge in [0, 0.05) is 69.4 Å². The molecule has 2 saturated carbocycles. The summed E-state index contributed by atoms with van der Waals surface area (Å²) in [7, 11) is 1.30. The van der Waals surface area contributed by atoms with Gasteiger partial charge in [-0.3, -0.25) is 19.1 Å². The number of imidazole rings is 1. The predicted molar refractivity (Wildman–Crippen MR) is 163 cm³/mol. The molecule has 4 heterocycles. The minimum Gasteiger partial charge on any atom is -0.461 e. The maximum Gasteiger partial charge on any atom is 0.435 e. The summed E-state index contributed by atoms with van der Waals surface area (Å²) in [6.45, 7) is 2.04. The molecule has 0 bridgehead atoms. The van der Waals surface area contributed by atoms with Gasteiger partial charge >= 0.3 is 12.2 Å². The summed E-state index contributed by atoms with van der Waals surface area (Å²) in [5.41, 5.74) is -1.69. The van der Waals surface area contributed by atoms with Crippen LogP contribution in [0.5, 0.6) is 0 Å². The van der Waals surface area contributed by atoms with E-state index < -0.39 is 47.8 Å². The predicted octanol–water partition coefficient (Wildman–Crippen LogP) is 2.67. The van der Waals surface area contributed by atoms with Crippen molar-refractivity contribution in [2.45, 2.75) is 42.7 Å². The summed E-state index contributed by atoms with van der Waals surface area (Å²) in [6.07, 6.45) is -4.15. The van der Waals surface area contributed by atoms with E-state index in [4.69, 9.17) is 16.3 Å². The first-order valence-electron chi connectivity index (χ1n) is 15.5. The molecule has 266 valence electrons. The molecular formula is C30H29ClF5N9O5. The van der Waals surface area contributed by atoms with Crippen molar-refractivity contribution in [3.63, 3.8) is 0 Å². The van der Waals surface area contributed by atoms with Gasteiger partial charge in [-0.2, -0.15) is 18.3 Å². The second-order valence-electron chi connectivity index (χ2n) is 12.7. The number of nitrogens with one attached hydrogen (secondary N) is 4. The lowest BCUT2D eigenvalue weighted by Gasteiger charge is -2.22. The van der Waals surface area contributed by atoms with Crippen LogP contribution in [-0.2, 0) is 22.8 Å². The summed E-state index contributed by atoms with van der Waals surface area (Å²) in [5, 5.41) is 14.7. The Bertz CT molecular complexity index is 1870. The van der Waals surface area contributed by atoms with E-state index in [1.54, 1.807) is 4.90 Å². The van der Waals surface area contributed by atoms with Gasteiger partial charge in [-0.15, -0.1) is 0 Å². The molecule has 5 atom stereocenters. The van der Waals surface area contributed by atoms with Crippen LogP contribution in [-0.4, -0.2) is 98.8 Å². The smallest absolute Gasteiger partial charge is 0.435 e. The van der Waals surface area contributed by atoms with Crippen molar-refractivity contribution in [2.24, 2.45) is 18.9 Å². The van der Waals surface area contributed by atoms with Crippen molar-refractivity contribution in [3.05, 3.63) is 52.7 Å². The molecule has 7 rings (SSSR count). The van der Waals surface area contributed by atoms with Crippen LogP contribution in [0.3, 0.4) is 0 Å². The average molecular weight is 726 g/mol. The molecule has 3 unspecified atom stereocenters. The molecule has 50 heavy (non-hydrogen) atoms. The number of fused-ring (bicyclic) bond motifs is 1. The van der Waals surface area contributed by atoms with Crippen molar-refractivity contribution in [1.82, 2.24) is 40.2 Å². The molecule has 2 aliphatic heterocycles. The molecule has 4 aliphatic rings. The van der Waals surface area contributed by atoms with Gasteiger partial charge in [0.25, 0.3) is 24.2 Å². The van der Waals surface area contributed by atoms with E-state index in [0.717, 1.165) is 17.0 Å². The molecule has 20 heteroatoms. The molecule has 2 saturated heterocycles. The van der Waals surface area contributed by atoms with Gasteiger partial charge in [0.05, 0.1) is 34.1 Å². The van der Waals surface area contributed by atoms with E-state index in [-0.39, 0.29) is 63.6 Å². The number of benzene rings is 1. The molecule has 4 N–H and O–H groups in total. The summed E-state index contributed by atoms with van der Waals surface area (Å²) in [4.78, 5) is 55.1. The zero-order valence-electron chi connectivity index (χ0n) is 26.0. The minimum atomic E-state index is -4.95. The Morgan fingerprint density at radius 1 is 1.14 bits per heavy atom. The number of hydrogen-bond acceptors (Lipinski definition) is 8. The Kier molecular flexibility index (Phi) is 8.24. The Morgan fingerprint density at radius 2 is 1.86 bits per heavy atom. The lowest BCUT2D eigenvalue weighted by molar-refractivity contribution is -0.141. The molecule has 2 aliphatic carbocycles. The normalized spacial score (nSPS) is 26.3. The second kappa shape index (κ2) is 12.2. The van der Waals surface area contributed by atoms with E-state index in [9.17, 15) is 41.1 Å². The Balaban J connectivity index is 0.957. The highest BCUT2D eigenvalue weighted by molar-refractivity contribution is 6.34. The van der Waals surface area contributed by atoms with Crippen LogP contribution in [0.2, 0.25) is 5.02 Å². The van der Waals surface area contributed by atoms with E-state index in [1.807, 2.05) is 0 Å². The first-order valence-corrected chi connectivity index (χ1v) is 15.9. The lowest BCUT2D eigenvalue weighted by atomic mass is 10.1. The van der Waals surface area contributed by atoms with Gasteiger partial charge in [0.15, 0.2) is 11.5 Å². The lowest BCUT2D eigenvalue weighted by Crippen LogP contribution is -2.49. The number of piperidine rings is 1. The third kappa shape index (κ3) is 6.23. The van der Waals surface area contributed by atoms with E-state index >= 15 is 0 Å².